The Morgan fingerprint density at radius 1 is 0.892 bits per heavy atom. The smallest absolute Gasteiger partial charge is 0.349 e. The van der Waals surface area contributed by atoms with E-state index in [9.17, 15) is 9.59 Å². The number of hydrogen-bond acceptors (Lipinski definition) is 6. The van der Waals surface area contributed by atoms with Crippen molar-refractivity contribution in [1.29, 1.82) is 0 Å². The van der Waals surface area contributed by atoms with Crippen molar-refractivity contribution in [2.75, 3.05) is 13.2 Å². The molecule has 3 aromatic carbocycles. The maximum absolute atomic E-state index is 13.2. The van der Waals surface area contributed by atoms with E-state index < -0.39 is 11.6 Å². The highest BCUT2D eigenvalue weighted by atomic mass is 16.6. The Hall–Kier alpha value is -3.80. The van der Waals surface area contributed by atoms with E-state index in [0.29, 0.717) is 48.0 Å². The van der Waals surface area contributed by atoms with Gasteiger partial charge < -0.3 is 18.9 Å². The van der Waals surface area contributed by atoms with Crippen LogP contribution in [0.15, 0.2) is 72.8 Å². The quantitative estimate of drug-likeness (QED) is 0.197. The molecule has 0 radical (unpaired) electrons. The zero-order valence-electron chi connectivity index (χ0n) is 22.3. The maximum Gasteiger partial charge on any atom is 0.349 e. The third kappa shape index (κ3) is 7.84. The maximum atomic E-state index is 13.2. The van der Waals surface area contributed by atoms with Gasteiger partial charge in [-0.1, -0.05) is 49.4 Å². The molecule has 6 heteroatoms. The first-order chi connectivity index (χ1) is 17.7. The molecule has 0 aliphatic heterocycles. The topological polar surface area (TPSA) is 71.1 Å². The van der Waals surface area contributed by atoms with Crippen molar-refractivity contribution >= 4 is 11.8 Å². The van der Waals surface area contributed by atoms with Gasteiger partial charge in [0.15, 0.2) is 11.4 Å². The fourth-order valence-corrected chi connectivity index (χ4v) is 3.71. The van der Waals surface area contributed by atoms with Crippen molar-refractivity contribution in [2.24, 2.45) is 0 Å². The van der Waals surface area contributed by atoms with Gasteiger partial charge in [0.1, 0.15) is 17.2 Å². The Kier molecular flexibility index (Phi) is 9.72. The standard InChI is InChI=1S/C31H36O6/c1-6-23-16-17-28(27(20-23)29(32)24-12-9-8-10-13-24)36-22(3)18-19-35-25-14-11-15-26(21-25)37-31(4,5)30(33)34-7-2/h8-17,20-22H,6-7,18-19H2,1-5H3. The number of esters is 1. The molecule has 3 rings (SSSR count). The molecule has 1 unspecified atom stereocenters. The summed E-state index contributed by atoms with van der Waals surface area (Å²) in [6, 6.07) is 22.2. The Balaban J connectivity index is 1.61. The minimum atomic E-state index is -1.11. The van der Waals surface area contributed by atoms with Crippen LogP contribution in [0.25, 0.3) is 0 Å². The van der Waals surface area contributed by atoms with Gasteiger partial charge in [-0.2, -0.15) is 0 Å². The van der Waals surface area contributed by atoms with Crippen LogP contribution in [0.2, 0.25) is 0 Å². The van der Waals surface area contributed by atoms with Crippen LogP contribution in [-0.4, -0.2) is 36.7 Å². The summed E-state index contributed by atoms with van der Waals surface area (Å²) in [6.07, 6.45) is 1.25. The number of aryl methyl sites for hydroxylation is 1. The average Bonchev–Trinajstić information content (AvgIpc) is 2.89. The van der Waals surface area contributed by atoms with Crippen molar-refractivity contribution in [2.45, 2.75) is 59.2 Å². The summed E-state index contributed by atoms with van der Waals surface area (Å²) in [5.41, 5.74) is 1.16. The largest absolute Gasteiger partial charge is 0.493 e. The molecule has 0 aliphatic rings. The van der Waals surface area contributed by atoms with E-state index in [4.69, 9.17) is 18.9 Å². The molecule has 0 bridgehead atoms. The van der Waals surface area contributed by atoms with Gasteiger partial charge in [0.05, 0.1) is 24.9 Å². The lowest BCUT2D eigenvalue weighted by Gasteiger charge is -2.24. The van der Waals surface area contributed by atoms with Crippen LogP contribution in [0, 0.1) is 0 Å². The molecule has 0 fully saturated rings. The summed E-state index contributed by atoms with van der Waals surface area (Å²) >= 11 is 0. The Morgan fingerprint density at radius 2 is 1.62 bits per heavy atom. The van der Waals surface area contributed by atoms with Crippen molar-refractivity contribution in [3.8, 4) is 17.2 Å². The van der Waals surface area contributed by atoms with Gasteiger partial charge in [-0.3, -0.25) is 4.79 Å². The average molecular weight is 505 g/mol. The van der Waals surface area contributed by atoms with Gasteiger partial charge in [0, 0.05) is 18.1 Å². The lowest BCUT2D eigenvalue weighted by molar-refractivity contribution is -0.158. The molecule has 0 saturated heterocycles. The second kappa shape index (κ2) is 12.9. The van der Waals surface area contributed by atoms with Crippen LogP contribution in [0.4, 0.5) is 0 Å². The summed E-state index contributed by atoms with van der Waals surface area (Å²) in [6.45, 7) is 9.80. The Morgan fingerprint density at radius 3 is 2.32 bits per heavy atom. The van der Waals surface area contributed by atoms with Crippen LogP contribution in [0.5, 0.6) is 17.2 Å². The third-order valence-electron chi connectivity index (χ3n) is 5.80. The highest BCUT2D eigenvalue weighted by Crippen LogP contribution is 2.27. The third-order valence-corrected chi connectivity index (χ3v) is 5.80. The zero-order valence-corrected chi connectivity index (χ0v) is 22.3. The minimum absolute atomic E-state index is 0.0584. The van der Waals surface area contributed by atoms with Crippen molar-refractivity contribution < 1.29 is 28.5 Å². The molecule has 0 saturated carbocycles. The number of ether oxygens (including phenoxy) is 4. The summed E-state index contributed by atoms with van der Waals surface area (Å²) in [4.78, 5) is 25.3. The molecule has 37 heavy (non-hydrogen) atoms. The molecule has 6 nitrogen and oxygen atoms in total. The van der Waals surface area contributed by atoms with Gasteiger partial charge in [-0.25, -0.2) is 4.79 Å². The van der Waals surface area contributed by atoms with E-state index in [0.717, 1.165) is 12.0 Å². The fourth-order valence-electron chi connectivity index (χ4n) is 3.71. The molecule has 0 amide bonds. The number of carbonyl (C=O) groups is 2. The fraction of sp³-hybridized carbons (Fsp3) is 0.355. The first kappa shape index (κ1) is 27.8. The van der Waals surface area contributed by atoms with Crippen LogP contribution in [0.1, 0.15) is 62.5 Å². The van der Waals surface area contributed by atoms with Crippen LogP contribution in [0.3, 0.4) is 0 Å². The van der Waals surface area contributed by atoms with E-state index in [1.165, 1.54) is 0 Å². The number of benzene rings is 3. The van der Waals surface area contributed by atoms with Gasteiger partial charge in [-0.15, -0.1) is 0 Å². The number of hydrogen-bond donors (Lipinski definition) is 0. The van der Waals surface area contributed by atoms with Crippen LogP contribution in [-0.2, 0) is 16.0 Å². The van der Waals surface area contributed by atoms with Gasteiger partial charge >= 0.3 is 5.97 Å². The van der Waals surface area contributed by atoms with Gasteiger partial charge in [0.25, 0.3) is 0 Å². The summed E-state index contributed by atoms with van der Waals surface area (Å²) < 4.78 is 23.0. The highest BCUT2D eigenvalue weighted by molar-refractivity contribution is 6.10. The number of carbonyl (C=O) groups excluding carboxylic acids is 2. The van der Waals surface area contributed by atoms with Crippen molar-refractivity contribution in [1.82, 2.24) is 0 Å². The predicted molar refractivity (Wildman–Crippen MR) is 144 cm³/mol. The van der Waals surface area contributed by atoms with E-state index >= 15 is 0 Å². The van der Waals surface area contributed by atoms with Crippen molar-refractivity contribution in [3.63, 3.8) is 0 Å². The number of ketones is 1. The van der Waals surface area contributed by atoms with Crippen LogP contribution >= 0.6 is 0 Å². The molecule has 0 aliphatic carbocycles. The van der Waals surface area contributed by atoms with E-state index in [2.05, 4.69) is 6.92 Å². The first-order valence-electron chi connectivity index (χ1n) is 12.7. The highest BCUT2D eigenvalue weighted by Gasteiger charge is 2.31. The second-order valence-electron chi connectivity index (χ2n) is 9.25. The molecule has 196 valence electrons. The summed E-state index contributed by atoms with van der Waals surface area (Å²) in [5.74, 6) is 1.22. The molecule has 3 aromatic rings. The summed E-state index contributed by atoms with van der Waals surface area (Å²) in [5, 5.41) is 0. The Labute approximate surface area is 219 Å². The molecular formula is C31H36O6. The molecule has 1 atom stereocenters. The number of rotatable bonds is 13. The van der Waals surface area contributed by atoms with Crippen LogP contribution < -0.4 is 14.2 Å². The van der Waals surface area contributed by atoms with Gasteiger partial charge in [0.2, 0.25) is 0 Å². The normalized spacial score (nSPS) is 11.9. The molecule has 0 aromatic heterocycles. The van der Waals surface area contributed by atoms with Crippen molar-refractivity contribution in [3.05, 3.63) is 89.5 Å². The summed E-state index contributed by atoms with van der Waals surface area (Å²) in [7, 11) is 0. The lowest BCUT2D eigenvalue weighted by atomic mass is 9.99. The predicted octanol–water partition coefficient (Wildman–Crippen LogP) is 6.44. The monoisotopic (exact) mass is 504 g/mol. The molecular weight excluding hydrogens is 468 g/mol. The molecule has 0 spiro atoms. The first-order valence-corrected chi connectivity index (χ1v) is 12.7. The van der Waals surface area contributed by atoms with Gasteiger partial charge in [-0.05, 0) is 63.9 Å². The SMILES string of the molecule is CCOC(=O)C(C)(C)Oc1cccc(OCCC(C)Oc2ccc(CC)cc2C(=O)c2ccccc2)c1. The van der Waals surface area contributed by atoms with E-state index in [1.54, 1.807) is 32.9 Å². The lowest BCUT2D eigenvalue weighted by Crippen LogP contribution is -2.39. The zero-order chi connectivity index (χ0) is 26.8. The van der Waals surface area contributed by atoms with E-state index in [-0.39, 0.29) is 11.9 Å². The minimum Gasteiger partial charge on any atom is -0.493 e. The van der Waals surface area contributed by atoms with E-state index in [1.807, 2.05) is 67.6 Å². The molecule has 0 N–H and O–H groups in total. The molecule has 0 heterocycles. The second-order valence-corrected chi connectivity index (χ2v) is 9.25. The Bertz CT molecular complexity index is 1190.